The minimum atomic E-state index is 0.760. The van der Waals surface area contributed by atoms with E-state index in [2.05, 4.69) is 13.8 Å². The number of hydrogen-bond donors (Lipinski definition) is 0. The van der Waals surface area contributed by atoms with Crippen LogP contribution in [0.1, 0.15) is 155 Å². The molecule has 0 fully saturated rings. The minimum absolute atomic E-state index is 0.760. The van der Waals surface area contributed by atoms with Crippen LogP contribution in [0.15, 0.2) is 0 Å². The van der Waals surface area contributed by atoms with Gasteiger partial charge in [0.1, 0.15) is 12.6 Å². The average Bonchev–Trinajstić information content (AvgIpc) is 2.71. The Morgan fingerprint density at radius 3 is 0.786 bits per heavy atom. The van der Waals surface area contributed by atoms with Crippen LogP contribution in [0.3, 0.4) is 0 Å². The van der Waals surface area contributed by atoms with Crippen LogP contribution in [0, 0.1) is 0 Å². The first kappa shape index (κ1) is 29.5. The molecule has 0 spiro atoms. The highest BCUT2D eigenvalue weighted by Gasteiger charge is 1.92. The maximum Gasteiger partial charge on any atom is 0.119 e. The van der Waals surface area contributed by atoms with Crippen LogP contribution in [0.25, 0.3) is 0 Å². The standard InChI is InChI=1S/2C13H26O/c2*1-2-3-4-5-6-7-8-9-10-11-12-13-14/h2*13H,2-12H2,1H3. The van der Waals surface area contributed by atoms with Gasteiger partial charge >= 0.3 is 0 Å². The molecule has 0 bridgehead atoms. The van der Waals surface area contributed by atoms with Gasteiger partial charge in [0.15, 0.2) is 0 Å². The van der Waals surface area contributed by atoms with E-state index in [0.717, 1.165) is 38.3 Å². The number of aldehydes is 2. The fourth-order valence-corrected chi connectivity index (χ4v) is 3.43. The summed E-state index contributed by atoms with van der Waals surface area (Å²) in [6.07, 6.45) is 30.4. The molecule has 0 aliphatic heterocycles. The van der Waals surface area contributed by atoms with Crippen LogP contribution < -0.4 is 0 Å². The zero-order valence-electron chi connectivity index (χ0n) is 19.5. The van der Waals surface area contributed by atoms with E-state index in [1.807, 2.05) is 0 Å². The van der Waals surface area contributed by atoms with Gasteiger partial charge in [0.2, 0.25) is 0 Å². The van der Waals surface area contributed by atoms with Crippen molar-refractivity contribution < 1.29 is 9.59 Å². The third kappa shape index (κ3) is 33.0. The fraction of sp³-hybridized carbons (Fsp3) is 0.923. The second-order valence-electron chi connectivity index (χ2n) is 8.27. The van der Waals surface area contributed by atoms with Gasteiger partial charge in [-0.15, -0.1) is 0 Å². The lowest BCUT2D eigenvalue weighted by molar-refractivity contribution is -0.108. The first-order chi connectivity index (χ1) is 13.8. The molecule has 0 aromatic rings. The summed E-state index contributed by atoms with van der Waals surface area (Å²) in [6, 6.07) is 0. The van der Waals surface area contributed by atoms with Crippen molar-refractivity contribution >= 4 is 12.6 Å². The van der Waals surface area contributed by atoms with Crippen LogP contribution >= 0.6 is 0 Å². The molecule has 0 heterocycles. The van der Waals surface area contributed by atoms with Crippen molar-refractivity contribution in [2.45, 2.75) is 155 Å². The quantitative estimate of drug-likeness (QED) is 0.135. The van der Waals surface area contributed by atoms with E-state index in [1.54, 1.807) is 0 Å². The SMILES string of the molecule is CCCCCCCCCCCCC=O.CCCCCCCCCCCCC=O. The van der Waals surface area contributed by atoms with Gasteiger partial charge in [-0.3, -0.25) is 0 Å². The van der Waals surface area contributed by atoms with Crippen molar-refractivity contribution in [2.75, 3.05) is 0 Å². The van der Waals surface area contributed by atoms with Gasteiger partial charge < -0.3 is 9.59 Å². The average molecular weight is 397 g/mol. The number of hydrogen-bond acceptors (Lipinski definition) is 2. The zero-order chi connectivity index (χ0) is 21.0. The highest BCUT2D eigenvalue weighted by molar-refractivity contribution is 5.49. The molecule has 0 amide bonds. The van der Waals surface area contributed by atoms with E-state index in [4.69, 9.17) is 0 Å². The number of carbonyl (C=O) groups is 2. The molecule has 0 saturated carbocycles. The Hall–Kier alpha value is -0.660. The largest absolute Gasteiger partial charge is 0.303 e. The van der Waals surface area contributed by atoms with Crippen molar-refractivity contribution in [3.63, 3.8) is 0 Å². The molecule has 2 nitrogen and oxygen atoms in total. The molecular formula is C26H52O2. The molecular weight excluding hydrogens is 344 g/mol. The number of unbranched alkanes of at least 4 members (excludes halogenated alkanes) is 20. The van der Waals surface area contributed by atoms with Crippen LogP contribution in [-0.2, 0) is 9.59 Å². The maximum atomic E-state index is 10.0. The zero-order valence-corrected chi connectivity index (χ0v) is 19.5. The van der Waals surface area contributed by atoms with Gasteiger partial charge in [0.05, 0.1) is 0 Å². The third-order valence-electron chi connectivity index (χ3n) is 5.35. The smallest absolute Gasteiger partial charge is 0.119 e. The van der Waals surface area contributed by atoms with Crippen LogP contribution in [0.2, 0.25) is 0 Å². The van der Waals surface area contributed by atoms with Crippen molar-refractivity contribution in [2.24, 2.45) is 0 Å². The number of rotatable bonds is 22. The highest BCUT2D eigenvalue weighted by Crippen LogP contribution is 2.11. The normalized spacial score (nSPS) is 10.4. The molecule has 0 radical (unpaired) electrons. The van der Waals surface area contributed by atoms with Crippen molar-refractivity contribution in [3.8, 4) is 0 Å². The summed E-state index contributed by atoms with van der Waals surface area (Å²) in [7, 11) is 0. The van der Waals surface area contributed by atoms with Gasteiger partial charge in [-0.05, 0) is 12.8 Å². The summed E-state index contributed by atoms with van der Waals surface area (Å²) < 4.78 is 0. The van der Waals surface area contributed by atoms with E-state index in [-0.39, 0.29) is 0 Å². The van der Waals surface area contributed by atoms with Crippen LogP contribution in [0.4, 0.5) is 0 Å². The molecule has 0 atom stereocenters. The van der Waals surface area contributed by atoms with E-state index in [1.165, 1.54) is 116 Å². The van der Waals surface area contributed by atoms with Crippen molar-refractivity contribution in [1.82, 2.24) is 0 Å². The second-order valence-corrected chi connectivity index (χ2v) is 8.27. The van der Waals surface area contributed by atoms with Gasteiger partial charge in [0, 0.05) is 12.8 Å². The summed E-state index contributed by atoms with van der Waals surface area (Å²) in [4.78, 5) is 20.1. The Bertz CT molecular complexity index is 248. The summed E-state index contributed by atoms with van der Waals surface area (Å²) in [5.41, 5.74) is 0. The lowest BCUT2D eigenvalue weighted by atomic mass is 10.1. The van der Waals surface area contributed by atoms with E-state index in [0.29, 0.717) is 0 Å². The monoisotopic (exact) mass is 396 g/mol. The number of carbonyl (C=O) groups excluding carboxylic acids is 2. The van der Waals surface area contributed by atoms with Crippen LogP contribution in [0.5, 0.6) is 0 Å². The van der Waals surface area contributed by atoms with Crippen LogP contribution in [-0.4, -0.2) is 12.6 Å². The van der Waals surface area contributed by atoms with Crippen molar-refractivity contribution in [1.29, 1.82) is 0 Å². The van der Waals surface area contributed by atoms with Gasteiger partial charge in [0.25, 0.3) is 0 Å². The molecule has 2 heteroatoms. The maximum absolute atomic E-state index is 10.0. The summed E-state index contributed by atoms with van der Waals surface area (Å²) in [5, 5.41) is 0. The topological polar surface area (TPSA) is 34.1 Å². The molecule has 168 valence electrons. The molecule has 0 aromatic carbocycles. The Morgan fingerprint density at radius 2 is 0.571 bits per heavy atom. The Labute approximate surface area is 177 Å². The first-order valence-electron chi connectivity index (χ1n) is 12.7. The molecule has 0 aliphatic rings. The Morgan fingerprint density at radius 1 is 0.357 bits per heavy atom. The van der Waals surface area contributed by atoms with Gasteiger partial charge in [-0.2, -0.15) is 0 Å². The second kappa shape index (κ2) is 31.0. The third-order valence-corrected chi connectivity index (χ3v) is 5.35. The van der Waals surface area contributed by atoms with E-state index >= 15 is 0 Å². The van der Waals surface area contributed by atoms with Gasteiger partial charge in [-0.25, -0.2) is 0 Å². The molecule has 0 saturated heterocycles. The molecule has 0 aromatic heterocycles. The van der Waals surface area contributed by atoms with E-state index < -0.39 is 0 Å². The Kier molecular flexibility index (Phi) is 32.8. The minimum Gasteiger partial charge on any atom is -0.303 e. The van der Waals surface area contributed by atoms with E-state index in [9.17, 15) is 9.59 Å². The molecule has 28 heavy (non-hydrogen) atoms. The summed E-state index contributed by atoms with van der Waals surface area (Å²) >= 11 is 0. The summed E-state index contributed by atoms with van der Waals surface area (Å²) in [5.74, 6) is 0. The van der Waals surface area contributed by atoms with Crippen molar-refractivity contribution in [3.05, 3.63) is 0 Å². The fourth-order valence-electron chi connectivity index (χ4n) is 3.43. The molecule has 0 N–H and O–H groups in total. The Balaban J connectivity index is 0. The predicted octanol–water partition coefficient (Wildman–Crippen LogP) is 8.99. The lowest BCUT2D eigenvalue weighted by Crippen LogP contribution is -1.82. The summed E-state index contributed by atoms with van der Waals surface area (Å²) in [6.45, 7) is 4.51. The van der Waals surface area contributed by atoms with Gasteiger partial charge in [-0.1, -0.05) is 129 Å². The molecule has 0 unspecified atom stereocenters. The lowest BCUT2D eigenvalue weighted by Gasteiger charge is -2.00. The predicted molar refractivity (Wildman–Crippen MR) is 125 cm³/mol. The molecule has 0 rings (SSSR count). The highest BCUT2D eigenvalue weighted by atomic mass is 16.1. The first-order valence-corrected chi connectivity index (χ1v) is 12.7. The molecule has 0 aliphatic carbocycles.